The number of phenols is 1. The fourth-order valence-electron chi connectivity index (χ4n) is 3.77. The van der Waals surface area contributed by atoms with E-state index in [4.69, 9.17) is 9.15 Å². The lowest BCUT2D eigenvalue weighted by atomic mass is 10.1. The molecule has 0 unspecified atom stereocenters. The predicted molar refractivity (Wildman–Crippen MR) is 117 cm³/mol. The Kier molecular flexibility index (Phi) is 4.29. The number of methoxy groups -OCH3 is 1. The van der Waals surface area contributed by atoms with Crippen LogP contribution >= 0.6 is 0 Å². The number of hydrogen-bond donors (Lipinski definition) is 2. The SMILES string of the molecule is COc1ccc(-c2[nH]c(Cc3ccc(O)cc3)c3oc4ccccc4c(=O)c23)cc1. The molecular formula is C25H19NO4. The van der Waals surface area contributed by atoms with Gasteiger partial charge in [0.1, 0.15) is 17.1 Å². The number of hydrogen-bond acceptors (Lipinski definition) is 4. The van der Waals surface area contributed by atoms with Gasteiger partial charge in [-0.3, -0.25) is 4.79 Å². The van der Waals surface area contributed by atoms with Gasteiger partial charge in [-0.25, -0.2) is 0 Å². The lowest BCUT2D eigenvalue weighted by molar-refractivity contribution is 0.415. The van der Waals surface area contributed by atoms with E-state index in [2.05, 4.69) is 4.98 Å². The number of nitrogens with one attached hydrogen (secondary N) is 1. The summed E-state index contributed by atoms with van der Waals surface area (Å²) in [6.07, 6.45) is 0.536. The Labute approximate surface area is 172 Å². The third-order valence-electron chi connectivity index (χ3n) is 5.29. The number of aromatic nitrogens is 1. The molecule has 0 aliphatic rings. The van der Waals surface area contributed by atoms with Crippen LogP contribution in [0.3, 0.4) is 0 Å². The Balaban J connectivity index is 1.76. The summed E-state index contributed by atoms with van der Waals surface area (Å²) in [4.78, 5) is 16.8. The van der Waals surface area contributed by atoms with E-state index < -0.39 is 0 Å². The number of para-hydroxylation sites is 1. The Morgan fingerprint density at radius 1 is 0.967 bits per heavy atom. The molecule has 0 spiro atoms. The average molecular weight is 397 g/mol. The van der Waals surface area contributed by atoms with Gasteiger partial charge < -0.3 is 19.2 Å². The maximum Gasteiger partial charge on any atom is 0.202 e. The van der Waals surface area contributed by atoms with Crippen molar-refractivity contribution in [2.75, 3.05) is 7.11 Å². The quantitative estimate of drug-likeness (QED) is 0.434. The molecule has 2 aromatic heterocycles. The summed E-state index contributed by atoms with van der Waals surface area (Å²) in [5, 5.41) is 10.7. The molecule has 0 saturated carbocycles. The van der Waals surface area contributed by atoms with Crippen molar-refractivity contribution in [3.8, 4) is 22.8 Å². The molecule has 2 heterocycles. The third-order valence-corrected chi connectivity index (χ3v) is 5.29. The zero-order valence-electron chi connectivity index (χ0n) is 16.3. The van der Waals surface area contributed by atoms with Gasteiger partial charge in [-0.15, -0.1) is 0 Å². The standard InChI is InChI=1S/C25H19NO4/c1-29-18-12-8-16(9-13-18)23-22-24(28)19-4-2-3-5-21(19)30-25(22)20(26-23)14-15-6-10-17(27)11-7-15/h2-13,26-27H,14H2,1H3. The smallest absolute Gasteiger partial charge is 0.202 e. The molecule has 0 saturated heterocycles. The Bertz CT molecular complexity index is 1410. The molecule has 0 atom stereocenters. The van der Waals surface area contributed by atoms with E-state index in [9.17, 15) is 9.90 Å². The van der Waals surface area contributed by atoms with Crippen LogP contribution in [0.2, 0.25) is 0 Å². The first kappa shape index (κ1) is 18.1. The molecule has 148 valence electrons. The molecule has 0 aliphatic heterocycles. The number of fused-ring (bicyclic) bond motifs is 2. The maximum atomic E-state index is 13.4. The zero-order valence-corrected chi connectivity index (χ0v) is 16.3. The number of aromatic hydroxyl groups is 1. The second-order valence-electron chi connectivity index (χ2n) is 7.18. The molecule has 5 aromatic rings. The van der Waals surface area contributed by atoms with Crippen LogP contribution in [-0.4, -0.2) is 17.2 Å². The minimum Gasteiger partial charge on any atom is -0.508 e. The van der Waals surface area contributed by atoms with Crippen molar-refractivity contribution >= 4 is 21.9 Å². The minimum absolute atomic E-state index is 0.0640. The van der Waals surface area contributed by atoms with Crippen LogP contribution in [0.4, 0.5) is 0 Å². The summed E-state index contributed by atoms with van der Waals surface area (Å²) in [6.45, 7) is 0. The van der Waals surface area contributed by atoms with Crippen LogP contribution in [-0.2, 0) is 6.42 Å². The number of aromatic amines is 1. The molecule has 30 heavy (non-hydrogen) atoms. The van der Waals surface area contributed by atoms with Gasteiger partial charge in [0.2, 0.25) is 5.43 Å². The van der Waals surface area contributed by atoms with Gasteiger partial charge in [-0.2, -0.15) is 0 Å². The van der Waals surface area contributed by atoms with Crippen molar-refractivity contribution in [3.63, 3.8) is 0 Å². The Morgan fingerprint density at radius 3 is 2.43 bits per heavy atom. The van der Waals surface area contributed by atoms with Crippen LogP contribution in [0.15, 0.2) is 82.0 Å². The van der Waals surface area contributed by atoms with Gasteiger partial charge in [0, 0.05) is 6.42 Å². The summed E-state index contributed by atoms with van der Waals surface area (Å²) in [6, 6.07) is 21.9. The summed E-state index contributed by atoms with van der Waals surface area (Å²) < 4.78 is 11.5. The van der Waals surface area contributed by atoms with Gasteiger partial charge >= 0.3 is 0 Å². The molecule has 0 bridgehead atoms. The average Bonchev–Trinajstić information content (AvgIpc) is 3.14. The van der Waals surface area contributed by atoms with Gasteiger partial charge in [0.15, 0.2) is 5.58 Å². The van der Waals surface area contributed by atoms with Crippen molar-refractivity contribution in [3.05, 3.63) is 94.3 Å². The summed E-state index contributed by atoms with van der Waals surface area (Å²) in [5.74, 6) is 0.961. The van der Waals surface area contributed by atoms with Gasteiger partial charge in [-0.1, -0.05) is 24.3 Å². The van der Waals surface area contributed by atoms with E-state index in [0.29, 0.717) is 28.4 Å². The highest BCUT2D eigenvalue weighted by molar-refractivity contribution is 5.99. The maximum absolute atomic E-state index is 13.4. The molecule has 5 heteroatoms. The van der Waals surface area contributed by atoms with Crippen molar-refractivity contribution in [1.29, 1.82) is 0 Å². The molecule has 0 radical (unpaired) electrons. The summed E-state index contributed by atoms with van der Waals surface area (Å²) in [7, 11) is 1.62. The van der Waals surface area contributed by atoms with E-state index in [1.165, 1.54) is 0 Å². The van der Waals surface area contributed by atoms with E-state index in [-0.39, 0.29) is 11.2 Å². The second-order valence-corrected chi connectivity index (χ2v) is 7.18. The van der Waals surface area contributed by atoms with Gasteiger partial charge in [0.25, 0.3) is 0 Å². The largest absolute Gasteiger partial charge is 0.508 e. The summed E-state index contributed by atoms with van der Waals surface area (Å²) >= 11 is 0. The third kappa shape index (κ3) is 3.01. The zero-order chi connectivity index (χ0) is 20.7. The molecule has 2 N–H and O–H groups in total. The summed E-state index contributed by atoms with van der Waals surface area (Å²) in [5.41, 5.74) is 4.45. The molecule has 5 rings (SSSR count). The normalized spacial score (nSPS) is 11.2. The van der Waals surface area contributed by atoms with Crippen molar-refractivity contribution in [1.82, 2.24) is 4.98 Å². The molecular weight excluding hydrogens is 378 g/mol. The van der Waals surface area contributed by atoms with E-state index in [0.717, 1.165) is 28.3 Å². The molecule has 5 nitrogen and oxygen atoms in total. The van der Waals surface area contributed by atoms with Crippen molar-refractivity contribution in [2.24, 2.45) is 0 Å². The Morgan fingerprint density at radius 2 is 1.70 bits per heavy atom. The number of rotatable bonds is 4. The van der Waals surface area contributed by atoms with Gasteiger partial charge in [0.05, 0.1) is 29.3 Å². The van der Waals surface area contributed by atoms with E-state index >= 15 is 0 Å². The Hall–Kier alpha value is -3.99. The van der Waals surface area contributed by atoms with Crippen molar-refractivity contribution in [2.45, 2.75) is 6.42 Å². The second kappa shape index (κ2) is 7.12. The first-order valence-electron chi connectivity index (χ1n) is 9.63. The molecule has 0 aliphatic carbocycles. The van der Waals surface area contributed by atoms with Crippen LogP contribution in [0.25, 0.3) is 33.2 Å². The van der Waals surface area contributed by atoms with Crippen LogP contribution in [0.5, 0.6) is 11.5 Å². The number of ether oxygens (including phenoxy) is 1. The lowest BCUT2D eigenvalue weighted by Gasteiger charge is -2.03. The molecule has 3 aromatic carbocycles. The fraction of sp³-hybridized carbons (Fsp3) is 0.0800. The molecule has 0 amide bonds. The number of benzene rings is 3. The van der Waals surface area contributed by atoms with Crippen LogP contribution < -0.4 is 10.2 Å². The number of phenolic OH excluding ortho intramolecular Hbond substituents is 1. The highest BCUT2D eigenvalue weighted by atomic mass is 16.5. The first-order chi connectivity index (χ1) is 14.6. The number of H-pyrrole nitrogens is 1. The van der Waals surface area contributed by atoms with E-state index in [1.54, 1.807) is 31.4 Å². The van der Waals surface area contributed by atoms with Crippen molar-refractivity contribution < 1.29 is 14.3 Å². The fourth-order valence-corrected chi connectivity index (χ4v) is 3.77. The lowest BCUT2D eigenvalue weighted by Crippen LogP contribution is -2.02. The highest BCUT2D eigenvalue weighted by Crippen LogP contribution is 2.33. The molecule has 0 fully saturated rings. The predicted octanol–water partition coefficient (Wildman–Crippen LogP) is 5.25. The van der Waals surface area contributed by atoms with Crippen LogP contribution in [0, 0.1) is 0 Å². The highest BCUT2D eigenvalue weighted by Gasteiger charge is 2.19. The topological polar surface area (TPSA) is 75.5 Å². The minimum atomic E-state index is -0.0640. The first-order valence-corrected chi connectivity index (χ1v) is 9.63. The monoisotopic (exact) mass is 397 g/mol. The van der Waals surface area contributed by atoms with Crippen LogP contribution in [0.1, 0.15) is 11.3 Å². The van der Waals surface area contributed by atoms with Gasteiger partial charge in [-0.05, 0) is 59.7 Å². The van der Waals surface area contributed by atoms with E-state index in [1.807, 2.05) is 48.5 Å².